The van der Waals surface area contributed by atoms with Crippen LogP contribution in [0.25, 0.3) is 11.6 Å². The van der Waals surface area contributed by atoms with Gasteiger partial charge in [-0.15, -0.1) is 0 Å². The Balaban J connectivity index is 1.49. The van der Waals surface area contributed by atoms with E-state index in [2.05, 4.69) is 15.1 Å². The molecule has 7 heteroatoms. The van der Waals surface area contributed by atoms with Gasteiger partial charge in [0.05, 0.1) is 0 Å². The largest absolute Gasteiger partial charge is 0.357 e. The molecule has 0 bridgehead atoms. The van der Waals surface area contributed by atoms with E-state index in [4.69, 9.17) is 4.52 Å². The molecule has 26 heavy (non-hydrogen) atoms. The minimum Gasteiger partial charge on any atom is -0.357 e. The molecule has 1 atom stereocenters. The minimum absolute atomic E-state index is 0.0294. The van der Waals surface area contributed by atoms with E-state index in [1.807, 2.05) is 19.2 Å². The van der Waals surface area contributed by atoms with E-state index in [0.717, 1.165) is 24.1 Å². The van der Waals surface area contributed by atoms with Crippen LogP contribution in [0.4, 0.5) is 4.39 Å². The van der Waals surface area contributed by atoms with Crippen LogP contribution in [-0.2, 0) is 0 Å². The molecule has 1 fully saturated rings. The molecule has 1 aromatic carbocycles. The summed E-state index contributed by atoms with van der Waals surface area (Å²) >= 11 is 0. The van der Waals surface area contributed by atoms with Gasteiger partial charge < -0.3 is 14.4 Å². The van der Waals surface area contributed by atoms with Crippen molar-refractivity contribution in [3.63, 3.8) is 0 Å². The van der Waals surface area contributed by atoms with Gasteiger partial charge in [-0.1, -0.05) is 5.16 Å². The Hall–Kier alpha value is -2.96. The van der Waals surface area contributed by atoms with E-state index in [9.17, 15) is 9.18 Å². The quantitative estimate of drug-likeness (QED) is 0.781. The van der Waals surface area contributed by atoms with Crippen molar-refractivity contribution < 1.29 is 13.7 Å². The smallest absolute Gasteiger partial charge is 0.274 e. The predicted molar refractivity (Wildman–Crippen MR) is 93.1 cm³/mol. The molecule has 0 radical (unpaired) electrons. The van der Waals surface area contributed by atoms with Crippen molar-refractivity contribution in [2.75, 3.05) is 13.1 Å². The molecule has 1 amide bonds. The minimum atomic E-state index is -0.350. The molecule has 134 valence electrons. The van der Waals surface area contributed by atoms with Crippen LogP contribution < -0.4 is 0 Å². The van der Waals surface area contributed by atoms with Crippen molar-refractivity contribution in [1.29, 1.82) is 0 Å². The number of piperidine rings is 1. The lowest BCUT2D eigenvalue weighted by Gasteiger charge is -2.31. The van der Waals surface area contributed by atoms with E-state index >= 15 is 0 Å². The summed E-state index contributed by atoms with van der Waals surface area (Å²) in [5.41, 5.74) is 2.37. The average Bonchev–Trinajstić information content (AvgIpc) is 3.31. The topological polar surface area (TPSA) is 75.0 Å². The number of hydrogen-bond acceptors (Lipinski definition) is 4. The second-order valence-corrected chi connectivity index (χ2v) is 6.65. The summed E-state index contributed by atoms with van der Waals surface area (Å²) in [4.78, 5) is 22.0. The van der Waals surface area contributed by atoms with Gasteiger partial charge in [-0.25, -0.2) is 4.39 Å². The fourth-order valence-corrected chi connectivity index (χ4v) is 3.28. The molecular weight excluding hydrogens is 335 g/mol. The maximum absolute atomic E-state index is 13.1. The van der Waals surface area contributed by atoms with Crippen molar-refractivity contribution in [1.82, 2.24) is 20.0 Å². The third-order valence-corrected chi connectivity index (χ3v) is 4.66. The Morgan fingerprint density at radius 2 is 2.15 bits per heavy atom. The highest BCUT2D eigenvalue weighted by atomic mass is 19.1. The summed E-state index contributed by atoms with van der Waals surface area (Å²) in [7, 11) is 0. The molecule has 0 aliphatic carbocycles. The highest BCUT2D eigenvalue weighted by Gasteiger charge is 2.28. The van der Waals surface area contributed by atoms with Crippen LogP contribution in [0.2, 0.25) is 0 Å². The SMILES string of the molecule is Cc1c[nH]c(-c2nc(C3CCCN(C(=O)c4ccc(F)cc4)C3)no2)c1. The van der Waals surface area contributed by atoms with E-state index < -0.39 is 0 Å². The average molecular weight is 354 g/mol. The standard InChI is InChI=1S/C19H19FN4O2/c1-12-9-16(21-10-12)18-22-17(23-26-18)14-3-2-8-24(11-14)19(25)13-4-6-15(20)7-5-13/h4-7,9-10,14,21H,2-3,8,11H2,1H3. The van der Waals surface area contributed by atoms with Gasteiger partial charge in [-0.2, -0.15) is 4.98 Å². The van der Waals surface area contributed by atoms with Crippen molar-refractivity contribution in [3.8, 4) is 11.6 Å². The lowest BCUT2D eigenvalue weighted by Crippen LogP contribution is -2.39. The maximum atomic E-state index is 13.1. The van der Waals surface area contributed by atoms with Gasteiger partial charge in [0.2, 0.25) is 0 Å². The Morgan fingerprint density at radius 3 is 2.88 bits per heavy atom. The zero-order valence-electron chi connectivity index (χ0n) is 14.4. The number of amides is 1. The summed E-state index contributed by atoms with van der Waals surface area (Å²) in [6.07, 6.45) is 3.64. The number of carbonyl (C=O) groups excluding carboxylic acids is 1. The molecule has 3 heterocycles. The Morgan fingerprint density at radius 1 is 1.35 bits per heavy atom. The number of hydrogen-bond donors (Lipinski definition) is 1. The molecule has 0 spiro atoms. The number of benzene rings is 1. The zero-order chi connectivity index (χ0) is 18.1. The van der Waals surface area contributed by atoms with Crippen LogP contribution in [0.5, 0.6) is 0 Å². The van der Waals surface area contributed by atoms with Gasteiger partial charge in [0, 0.05) is 30.8 Å². The Bertz CT molecular complexity index is 916. The summed E-state index contributed by atoms with van der Waals surface area (Å²) in [6, 6.07) is 7.59. The molecule has 3 aromatic rings. The second-order valence-electron chi connectivity index (χ2n) is 6.65. The fraction of sp³-hybridized carbons (Fsp3) is 0.316. The third-order valence-electron chi connectivity index (χ3n) is 4.66. The van der Waals surface area contributed by atoms with Gasteiger partial charge >= 0.3 is 0 Å². The molecule has 1 N–H and O–H groups in total. The van der Waals surface area contributed by atoms with Crippen LogP contribution in [0.3, 0.4) is 0 Å². The number of carbonyl (C=O) groups is 1. The van der Waals surface area contributed by atoms with Gasteiger partial charge in [0.15, 0.2) is 5.82 Å². The Kier molecular flexibility index (Phi) is 4.28. The number of rotatable bonds is 3. The van der Waals surface area contributed by atoms with Gasteiger partial charge in [-0.05, 0) is 55.7 Å². The first-order chi connectivity index (χ1) is 12.6. The number of aryl methyl sites for hydroxylation is 1. The monoisotopic (exact) mass is 354 g/mol. The van der Waals surface area contributed by atoms with Gasteiger partial charge in [-0.3, -0.25) is 4.79 Å². The number of nitrogens with one attached hydrogen (secondary N) is 1. The summed E-state index contributed by atoms with van der Waals surface area (Å²) in [5, 5.41) is 4.11. The first-order valence-corrected chi connectivity index (χ1v) is 8.64. The zero-order valence-corrected chi connectivity index (χ0v) is 14.4. The molecule has 6 nitrogen and oxygen atoms in total. The van der Waals surface area contributed by atoms with Crippen LogP contribution >= 0.6 is 0 Å². The predicted octanol–water partition coefficient (Wildman–Crippen LogP) is 3.53. The maximum Gasteiger partial charge on any atom is 0.274 e. The second kappa shape index (κ2) is 6.74. The summed E-state index contributed by atoms with van der Waals surface area (Å²) in [5.74, 6) is 0.649. The van der Waals surface area contributed by atoms with E-state index in [0.29, 0.717) is 30.4 Å². The number of halogens is 1. The molecule has 1 aliphatic heterocycles. The first kappa shape index (κ1) is 16.5. The van der Waals surface area contributed by atoms with Crippen LogP contribution in [0, 0.1) is 12.7 Å². The number of H-pyrrole nitrogens is 1. The van der Waals surface area contributed by atoms with Crippen molar-refractivity contribution in [3.05, 3.63) is 59.3 Å². The lowest BCUT2D eigenvalue weighted by atomic mass is 9.96. The molecule has 4 rings (SSSR count). The lowest BCUT2D eigenvalue weighted by molar-refractivity contribution is 0.0703. The highest BCUT2D eigenvalue weighted by Crippen LogP contribution is 2.28. The molecular formula is C19H19FN4O2. The number of aromatic amines is 1. The third kappa shape index (κ3) is 3.24. The van der Waals surface area contributed by atoms with Crippen LogP contribution in [-0.4, -0.2) is 39.0 Å². The summed E-state index contributed by atoms with van der Waals surface area (Å²) in [6.45, 7) is 3.18. The van der Waals surface area contributed by atoms with Crippen molar-refractivity contribution in [2.45, 2.75) is 25.7 Å². The number of nitrogens with zero attached hydrogens (tertiary/aromatic N) is 3. The van der Waals surface area contributed by atoms with Crippen molar-refractivity contribution >= 4 is 5.91 Å². The first-order valence-electron chi connectivity index (χ1n) is 8.64. The van der Waals surface area contributed by atoms with E-state index in [1.54, 1.807) is 4.90 Å². The molecule has 1 unspecified atom stereocenters. The molecule has 1 saturated heterocycles. The van der Waals surface area contributed by atoms with Gasteiger partial charge in [0.25, 0.3) is 11.8 Å². The molecule has 0 saturated carbocycles. The van der Waals surface area contributed by atoms with Crippen molar-refractivity contribution in [2.24, 2.45) is 0 Å². The van der Waals surface area contributed by atoms with E-state index in [1.165, 1.54) is 24.3 Å². The van der Waals surface area contributed by atoms with Gasteiger partial charge in [0.1, 0.15) is 11.5 Å². The van der Waals surface area contributed by atoms with Crippen LogP contribution in [0.15, 0.2) is 41.1 Å². The number of likely N-dealkylation sites (tertiary alicyclic amines) is 1. The fourth-order valence-electron chi connectivity index (χ4n) is 3.28. The molecule has 1 aliphatic rings. The summed E-state index contributed by atoms with van der Waals surface area (Å²) < 4.78 is 18.4. The normalized spacial score (nSPS) is 17.5. The molecule has 2 aromatic heterocycles. The Labute approximate surface area is 150 Å². The van der Waals surface area contributed by atoms with E-state index in [-0.39, 0.29) is 17.6 Å². The highest BCUT2D eigenvalue weighted by molar-refractivity contribution is 5.94. The van der Waals surface area contributed by atoms with Crippen LogP contribution in [0.1, 0.15) is 40.5 Å². The number of aromatic nitrogens is 3.